The molecule has 1 fully saturated rings. The Kier molecular flexibility index (Phi) is 4.65. The fourth-order valence-corrected chi connectivity index (χ4v) is 3.17. The first-order valence-corrected chi connectivity index (χ1v) is 7.09. The molecule has 0 spiro atoms. The highest BCUT2D eigenvalue weighted by Gasteiger charge is 2.14. The van der Waals surface area contributed by atoms with Gasteiger partial charge in [0.1, 0.15) is 0 Å². The van der Waals surface area contributed by atoms with E-state index in [0.29, 0.717) is 6.04 Å². The molecule has 1 aromatic heterocycles. The second-order valence-electron chi connectivity index (χ2n) is 4.52. The van der Waals surface area contributed by atoms with E-state index in [2.05, 4.69) is 23.3 Å². The third kappa shape index (κ3) is 3.74. The topological polar surface area (TPSA) is 15.3 Å². The molecule has 16 heavy (non-hydrogen) atoms. The van der Waals surface area contributed by atoms with Crippen molar-refractivity contribution in [3.8, 4) is 0 Å². The number of rotatable bonds is 3. The van der Waals surface area contributed by atoms with E-state index >= 15 is 0 Å². The minimum atomic E-state index is 0.672. The molecule has 2 heterocycles. The molecule has 2 nitrogen and oxygen atoms in total. The molecule has 1 aromatic rings. The minimum absolute atomic E-state index is 0.672. The number of thiophene rings is 1. The predicted molar refractivity (Wildman–Crippen MR) is 71.3 cm³/mol. The van der Waals surface area contributed by atoms with Crippen molar-refractivity contribution < 1.29 is 0 Å². The highest BCUT2D eigenvalue weighted by molar-refractivity contribution is 7.16. The van der Waals surface area contributed by atoms with Gasteiger partial charge in [-0.3, -0.25) is 0 Å². The van der Waals surface area contributed by atoms with Crippen molar-refractivity contribution in [3.63, 3.8) is 0 Å². The van der Waals surface area contributed by atoms with Gasteiger partial charge in [0.2, 0.25) is 0 Å². The molecule has 1 saturated heterocycles. The van der Waals surface area contributed by atoms with Crippen LogP contribution in [0.3, 0.4) is 0 Å². The van der Waals surface area contributed by atoms with E-state index in [1.165, 1.54) is 37.2 Å². The minimum Gasteiger partial charge on any atom is -0.309 e. The van der Waals surface area contributed by atoms with Crippen molar-refractivity contribution >= 4 is 22.9 Å². The smallest absolute Gasteiger partial charge is 0.0931 e. The van der Waals surface area contributed by atoms with Gasteiger partial charge in [-0.25, -0.2) is 0 Å². The Balaban J connectivity index is 1.77. The maximum absolute atomic E-state index is 5.91. The van der Waals surface area contributed by atoms with Crippen LogP contribution in [0.1, 0.15) is 24.1 Å². The highest BCUT2D eigenvalue weighted by atomic mass is 35.5. The lowest BCUT2D eigenvalue weighted by Gasteiger charge is -2.16. The van der Waals surface area contributed by atoms with Crippen LogP contribution < -0.4 is 5.32 Å². The van der Waals surface area contributed by atoms with Crippen LogP contribution in [0.25, 0.3) is 0 Å². The maximum atomic E-state index is 5.91. The zero-order valence-electron chi connectivity index (χ0n) is 9.71. The number of likely N-dealkylation sites (tertiary alicyclic amines) is 1. The number of hydrogen-bond acceptors (Lipinski definition) is 3. The van der Waals surface area contributed by atoms with Gasteiger partial charge >= 0.3 is 0 Å². The Bertz CT molecular complexity index is 327. The predicted octanol–water partition coefficient (Wildman–Crippen LogP) is 2.98. The highest BCUT2D eigenvalue weighted by Crippen LogP contribution is 2.21. The molecule has 1 atom stereocenters. The lowest BCUT2D eigenvalue weighted by Crippen LogP contribution is -2.29. The molecule has 4 heteroatoms. The molecule has 0 aromatic carbocycles. The van der Waals surface area contributed by atoms with E-state index in [0.717, 1.165) is 10.9 Å². The fraction of sp³-hybridized carbons (Fsp3) is 0.667. The van der Waals surface area contributed by atoms with Gasteiger partial charge in [0.05, 0.1) is 4.34 Å². The maximum Gasteiger partial charge on any atom is 0.0931 e. The molecular formula is C12H19ClN2S. The molecule has 1 aliphatic rings. The van der Waals surface area contributed by atoms with Crippen LogP contribution in [0.4, 0.5) is 0 Å². The van der Waals surface area contributed by atoms with E-state index < -0.39 is 0 Å². The standard InChI is InChI=1S/C12H19ClN2S/c1-15-7-2-3-10(6-8-15)14-9-11-4-5-12(13)16-11/h4-5,10,14H,2-3,6-9H2,1H3. The summed E-state index contributed by atoms with van der Waals surface area (Å²) in [5, 5.41) is 3.64. The summed E-state index contributed by atoms with van der Waals surface area (Å²) in [4.78, 5) is 3.76. The molecule has 2 rings (SSSR count). The summed E-state index contributed by atoms with van der Waals surface area (Å²) in [5.74, 6) is 0. The molecule has 0 radical (unpaired) electrons. The first-order valence-electron chi connectivity index (χ1n) is 5.90. The molecule has 1 unspecified atom stereocenters. The van der Waals surface area contributed by atoms with Gasteiger partial charge in [0.15, 0.2) is 0 Å². The molecule has 0 aliphatic carbocycles. The number of halogens is 1. The van der Waals surface area contributed by atoms with Crippen LogP contribution in [0, 0.1) is 0 Å². The van der Waals surface area contributed by atoms with Crippen molar-refractivity contribution in [1.82, 2.24) is 10.2 Å². The Morgan fingerprint density at radius 3 is 3.06 bits per heavy atom. The third-order valence-electron chi connectivity index (χ3n) is 3.15. The van der Waals surface area contributed by atoms with Crippen LogP contribution in [-0.2, 0) is 6.54 Å². The second-order valence-corrected chi connectivity index (χ2v) is 6.32. The number of nitrogens with zero attached hydrogens (tertiary/aromatic N) is 1. The Labute approximate surface area is 107 Å². The van der Waals surface area contributed by atoms with E-state index in [-0.39, 0.29) is 0 Å². The summed E-state index contributed by atoms with van der Waals surface area (Å²) >= 11 is 7.59. The molecule has 1 N–H and O–H groups in total. The van der Waals surface area contributed by atoms with E-state index in [1.807, 2.05) is 6.07 Å². The largest absolute Gasteiger partial charge is 0.309 e. The Hall–Kier alpha value is -0.0900. The lowest BCUT2D eigenvalue weighted by molar-refractivity contribution is 0.343. The lowest BCUT2D eigenvalue weighted by atomic mass is 10.1. The SMILES string of the molecule is CN1CCCC(NCc2ccc(Cl)s2)CC1. The molecule has 1 aliphatic heterocycles. The van der Waals surface area contributed by atoms with Crippen molar-refractivity contribution in [2.24, 2.45) is 0 Å². The third-order valence-corrected chi connectivity index (χ3v) is 4.38. The van der Waals surface area contributed by atoms with Crippen molar-refractivity contribution in [2.45, 2.75) is 31.8 Å². The molecule has 90 valence electrons. The molecule has 0 amide bonds. The molecule has 0 bridgehead atoms. The van der Waals surface area contributed by atoms with Crippen LogP contribution in [0.5, 0.6) is 0 Å². The van der Waals surface area contributed by atoms with Crippen LogP contribution >= 0.6 is 22.9 Å². The zero-order chi connectivity index (χ0) is 11.4. The Morgan fingerprint density at radius 1 is 1.44 bits per heavy atom. The van der Waals surface area contributed by atoms with E-state index in [4.69, 9.17) is 11.6 Å². The summed E-state index contributed by atoms with van der Waals surface area (Å²) in [6.07, 6.45) is 3.86. The summed E-state index contributed by atoms with van der Waals surface area (Å²) in [6, 6.07) is 4.76. The molecular weight excluding hydrogens is 240 g/mol. The van der Waals surface area contributed by atoms with Gasteiger partial charge in [-0.15, -0.1) is 11.3 Å². The monoisotopic (exact) mass is 258 g/mol. The summed E-state index contributed by atoms with van der Waals surface area (Å²) in [6.45, 7) is 3.41. The van der Waals surface area contributed by atoms with Crippen molar-refractivity contribution in [2.75, 3.05) is 20.1 Å². The Morgan fingerprint density at radius 2 is 2.31 bits per heavy atom. The van der Waals surface area contributed by atoms with Crippen molar-refractivity contribution in [3.05, 3.63) is 21.3 Å². The average Bonchev–Trinajstić information content (AvgIpc) is 2.56. The van der Waals surface area contributed by atoms with Gasteiger partial charge in [-0.1, -0.05) is 11.6 Å². The average molecular weight is 259 g/mol. The number of nitrogens with one attached hydrogen (secondary N) is 1. The van der Waals surface area contributed by atoms with Gasteiger partial charge in [-0.2, -0.15) is 0 Å². The van der Waals surface area contributed by atoms with Gasteiger partial charge < -0.3 is 10.2 Å². The fourth-order valence-electron chi connectivity index (χ4n) is 2.14. The zero-order valence-corrected chi connectivity index (χ0v) is 11.3. The first-order chi connectivity index (χ1) is 7.74. The van der Waals surface area contributed by atoms with Crippen LogP contribution in [-0.4, -0.2) is 31.1 Å². The van der Waals surface area contributed by atoms with E-state index in [9.17, 15) is 0 Å². The van der Waals surface area contributed by atoms with Crippen LogP contribution in [0.2, 0.25) is 4.34 Å². The number of hydrogen-bond donors (Lipinski definition) is 1. The quantitative estimate of drug-likeness (QED) is 0.897. The van der Waals surface area contributed by atoms with Gasteiger partial charge in [-0.05, 0) is 51.5 Å². The van der Waals surface area contributed by atoms with Crippen LogP contribution in [0.15, 0.2) is 12.1 Å². The summed E-state index contributed by atoms with van der Waals surface area (Å²) in [5.41, 5.74) is 0. The van der Waals surface area contributed by atoms with E-state index in [1.54, 1.807) is 11.3 Å². The second kappa shape index (κ2) is 6.01. The van der Waals surface area contributed by atoms with Gasteiger partial charge in [0.25, 0.3) is 0 Å². The van der Waals surface area contributed by atoms with Crippen molar-refractivity contribution in [1.29, 1.82) is 0 Å². The normalized spacial score (nSPS) is 23.2. The van der Waals surface area contributed by atoms with Gasteiger partial charge in [0, 0.05) is 17.5 Å². The summed E-state index contributed by atoms with van der Waals surface area (Å²) < 4.78 is 0.886. The first kappa shape index (κ1) is 12.4. The molecule has 0 saturated carbocycles. The summed E-state index contributed by atoms with van der Waals surface area (Å²) in [7, 11) is 2.21.